The molecule has 0 saturated carbocycles. The van der Waals surface area contributed by atoms with Crippen molar-refractivity contribution in [2.75, 3.05) is 25.5 Å². The van der Waals surface area contributed by atoms with Crippen LogP contribution in [0.25, 0.3) is 22.0 Å². The zero-order valence-corrected chi connectivity index (χ0v) is 20.7. The van der Waals surface area contributed by atoms with Crippen LogP contribution in [0.15, 0.2) is 65.7 Å². The highest BCUT2D eigenvalue weighted by atomic mass is 16.2. The second kappa shape index (κ2) is 10.2. The maximum Gasteiger partial charge on any atom is 0.269 e. The Balaban J connectivity index is 1.43. The van der Waals surface area contributed by atoms with Gasteiger partial charge in [-0.3, -0.25) is 19.4 Å². The molecule has 1 aliphatic heterocycles. The Morgan fingerprint density at radius 3 is 2.46 bits per heavy atom. The Kier molecular flexibility index (Phi) is 6.68. The quantitative estimate of drug-likeness (QED) is 0.386. The van der Waals surface area contributed by atoms with Crippen molar-refractivity contribution >= 4 is 34.1 Å². The summed E-state index contributed by atoms with van der Waals surface area (Å²) in [6, 6.07) is 15.3. The van der Waals surface area contributed by atoms with Crippen molar-refractivity contribution in [1.29, 1.82) is 0 Å². The molecule has 0 bridgehead atoms. The standard InChI is InChI=1S/C28H28N6O3/c1-17(35)34-13-10-19(11-14-34)18-3-6-22(7-4-18)32-26-25-20(9-12-30-28(25)37)15-24(33-26)21-5-8-23(31-16-21)27(36)29-2/h3-9,12,15-16,19H,10-11,13-14H2,1-2H3,(H,29,36)(H,30,37)(H,32,33). The summed E-state index contributed by atoms with van der Waals surface area (Å²) in [7, 11) is 1.56. The molecule has 37 heavy (non-hydrogen) atoms. The summed E-state index contributed by atoms with van der Waals surface area (Å²) in [4.78, 5) is 49.8. The van der Waals surface area contributed by atoms with Gasteiger partial charge in [-0.2, -0.15) is 0 Å². The number of amides is 2. The van der Waals surface area contributed by atoms with Crippen LogP contribution in [-0.4, -0.2) is 51.8 Å². The summed E-state index contributed by atoms with van der Waals surface area (Å²) in [5.41, 5.74) is 3.48. The first-order chi connectivity index (χ1) is 17.9. The number of carbonyl (C=O) groups excluding carboxylic acids is 2. The van der Waals surface area contributed by atoms with Gasteiger partial charge in [-0.15, -0.1) is 0 Å². The fraction of sp³-hybridized carbons (Fsp3) is 0.250. The molecule has 0 aliphatic carbocycles. The maximum absolute atomic E-state index is 12.7. The molecule has 9 heteroatoms. The highest BCUT2D eigenvalue weighted by molar-refractivity contribution is 5.95. The van der Waals surface area contributed by atoms with Crippen LogP contribution in [0.4, 0.5) is 11.5 Å². The van der Waals surface area contributed by atoms with Crippen molar-refractivity contribution in [3.63, 3.8) is 0 Å². The van der Waals surface area contributed by atoms with Gasteiger partial charge in [-0.25, -0.2) is 4.98 Å². The third kappa shape index (κ3) is 5.06. The molecule has 4 aromatic rings. The molecule has 0 spiro atoms. The molecule has 1 aromatic carbocycles. The molecular weight excluding hydrogens is 468 g/mol. The predicted molar refractivity (Wildman–Crippen MR) is 143 cm³/mol. The molecule has 2 amide bonds. The molecule has 1 saturated heterocycles. The van der Waals surface area contributed by atoms with Crippen LogP contribution in [0.5, 0.6) is 0 Å². The number of benzene rings is 1. The third-order valence-corrected chi connectivity index (χ3v) is 6.86. The molecule has 0 radical (unpaired) electrons. The van der Waals surface area contributed by atoms with E-state index in [1.165, 1.54) is 5.56 Å². The van der Waals surface area contributed by atoms with E-state index in [2.05, 4.69) is 32.7 Å². The lowest BCUT2D eigenvalue weighted by Gasteiger charge is -2.31. The lowest BCUT2D eigenvalue weighted by molar-refractivity contribution is -0.129. The Labute approximate surface area is 214 Å². The Bertz CT molecular complexity index is 1500. The van der Waals surface area contributed by atoms with Crippen molar-refractivity contribution in [1.82, 2.24) is 25.2 Å². The number of nitrogens with zero attached hydrogens (tertiary/aromatic N) is 3. The zero-order chi connectivity index (χ0) is 25.9. The summed E-state index contributed by atoms with van der Waals surface area (Å²) in [5, 5.41) is 7.07. The van der Waals surface area contributed by atoms with Crippen LogP contribution >= 0.6 is 0 Å². The number of rotatable bonds is 5. The van der Waals surface area contributed by atoms with E-state index in [4.69, 9.17) is 4.98 Å². The van der Waals surface area contributed by atoms with Crippen molar-refractivity contribution < 1.29 is 9.59 Å². The van der Waals surface area contributed by atoms with Crippen LogP contribution in [-0.2, 0) is 4.79 Å². The Morgan fingerprint density at radius 2 is 1.81 bits per heavy atom. The third-order valence-electron chi connectivity index (χ3n) is 6.86. The highest BCUT2D eigenvalue weighted by Crippen LogP contribution is 2.31. The van der Waals surface area contributed by atoms with E-state index >= 15 is 0 Å². The van der Waals surface area contributed by atoms with Gasteiger partial charge in [-0.1, -0.05) is 12.1 Å². The van der Waals surface area contributed by atoms with Gasteiger partial charge in [0.1, 0.15) is 11.5 Å². The number of piperidine rings is 1. The minimum Gasteiger partial charge on any atom is -0.354 e. The molecule has 3 aromatic heterocycles. The van der Waals surface area contributed by atoms with Gasteiger partial charge >= 0.3 is 0 Å². The molecule has 4 heterocycles. The van der Waals surface area contributed by atoms with Crippen LogP contribution in [0.3, 0.4) is 0 Å². The van der Waals surface area contributed by atoms with E-state index in [9.17, 15) is 14.4 Å². The van der Waals surface area contributed by atoms with Gasteiger partial charge in [0.2, 0.25) is 5.91 Å². The first-order valence-corrected chi connectivity index (χ1v) is 12.3. The highest BCUT2D eigenvalue weighted by Gasteiger charge is 2.22. The summed E-state index contributed by atoms with van der Waals surface area (Å²) in [6.45, 7) is 3.18. The number of fused-ring (bicyclic) bond motifs is 1. The number of carbonyl (C=O) groups is 2. The molecule has 1 fully saturated rings. The average molecular weight is 497 g/mol. The fourth-order valence-corrected chi connectivity index (χ4v) is 4.76. The maximum atomic E-state index is 12.7. The predicted octanol–water partition coefficient (Wildman–Crippen LogP) is 3.81. The van der Waals surface area contributed by atoms with Crippen LogP contribution in [0.2, 0.25) is 0 Å². The topological polar surface area (TPSA) is 120 Å². The van der Waals surface area contributed by atoms with Crippen LogP contribution in [0.1, 0.15) is 41.7 Å². The van der Waals surface area contributed by atoms with Crippen LogP contribution in [0, 0.1) is 0 Å². The van der Waals surface area contributed by atoms with Gasteiger partial charge in [-0.05, 0) is 66.1 Å². The second-order valence-corrected chi connectivity index (χ2v) is 9.17. The average Bonchev–Trinajstić information content (AvgIpc) is 2.93. The van der Waals surface area contributed by atoms with Crippen molar-refractivity contribution in [2.45, 2.75) is 25.7 Å². The molecule has 188 valence electrons. The summed E-state index contributed by atoms with van der Waals surface area (Å²) in [6.07, 6.45) is 5.10. The molecular formula is C28H28N6O3. The number of likely N-dealkylation sites (tertiary alicyclic amines) is 1. The van der Waals surface area contributed by atoms with E-state index in [1.54, 1.807) is 38.5 Å². The number of aromatic nitrogens is 3. The number of anilines is 2. The molecule has 0 atom stereocenters. The van der Waals surface area contributed by atoms with Crippen molar-refractivity contribution in [3.05, 3.63) is 82.5 Å². The van der Waals surface area contributed by atoms with E-state index in [0.29, 0.717) is 28.5 Å². The van der Waals surface area contributed by atoms with Gasteiger partial charge < -0.3 is 20.5 Å². The molecule has 1 aliphatic rings. The van der Waals surface area contributed by atoms with Crippen molar-refractivity contribution in [3.8, 4) is 11.3 Å². The zero-order valence-electron chi connectivity index (χ0n) is 20.7. The van der Waals surface area contributed by atoms with E-state index in [0.717, 1.165) is 42.6 Å². The van der Waals surface area contributed by atoms with E-state index in [-0.39, 0.29) is 17.4 Å². The normalized spacial score (nSPS) is 13.9. The number of hydrogen-bond donors (Lipinski definition) is 3. The van der Waals surface area contributed by atoms with E-state index < -0.39 is 0 Å². The van der Waals surface area contributed by atoms with Gasteiger partial charge in [0, 0.05) is 50.7 Å². The van der Waals surface area contributed by atoms with Crippen LogP contribution < -0.4 is 16.2 Å². The summed E-state index contributed by atoms with van der Waals surface area (Å²) >= 11 is 0. The first kappa shape index (κ1) is 24.2. The number of aromatic amines is 1. The minimum absolute atomic E-state index is 0.133. The summed E-state index contributed by atoms with van der Waals surface area (Å²) in [5.74, 6) is 0.722. The molecule has 3 N–H and O–H groups in total. The van der Waals surface area contributed by atoms with Gasteiger partial charge in [0.25, 0.3) is 11.5 Å². The fourth-order valence-electron chi connectivity index (χ4n) is 4.76. The van der Waals surface area contributed by atoms with Gasteiger partial charge in [0.05, 0.1) is 11.1 Å². The van der Waals surface area contributed by atoms with Crippen molar-refractivity contribution in [2.24, 2.45) is 0 Å². The number of H-pyrrole nitrogens is 1. The SMILES string of the molecule is CNC(=O)c1ccc(-c2cc3cc[nH]c(=O)c3c(Nc3ccc(C4CCN(C(C)=O)CC4)cc3)n2)cn1. The molecule has 0 unspecified atom stereocenters. The second-order valence-electron chi connectivity index (χ2n) is 9.17. The lowest BCUT2D eigenvalue weighted by atomic mass is 9.89. The number of nitrogens with one attached hydrogen (secondary N) is 3. The number of hydrogen-bond acceptors (Lipinski definition) is 6. The largest absolute Gasteiger partial charge is 0.354 e. The Hall–Kier alpha value is -4.53. The minimum atomic E-state index is -0.264. The molecule has 5 rings (SSSR count). The first-order valence-electron chi connectivity index (χ1n) is 12.3. The smallest absolute Gasteiger partial charge is 0.269 e. The lowest BCUT2D eigenvalue weighted by Crippen LogP contribution is -2.36. The summed E-state index contributed by atoms with van der Waals surface area (Å²) < 4.78 is 0. The monoisotopic (exact) mass is 496 g/mol. The molecule has 9 nitrogen and oxygen atoms in total. The van der Waals surface area contributed by atoms with E-state index in [1.807, 2.05) is 29.2 Å². The Morgan fingerprint density at radius 1 is 1.05 bits per heavy atom. The van der Waals surface area contributed by atoms with Gasteiger partial charge in [0.15, 0.2) is 0 Å². The number of pyridine rings is 3.